The summed E-state index contributed by atoms with van der Waals surface area (Å²) in [5.41, 5.74) is 15.3. The van der Waals surface area contributed by atoms with Gasteiger partial charge in [-0.25, -0.2) is 29.9 Å². The summed E-state index contributed by atoms with van der Waals surface area (Å²) < 4.78 is 23.3. The zero-order valence-electron chi connectivity index (χ0n) is 42.8. The van der Waals surface area contributed by atoms with Gasteiger partial charge in [0.2, 0.25) is 0 Å². The lowest BCUT2D eigenvalue weighted by Crippen LogP contribution is -1.97. The molecule has 0 saturated heterocycles. The average Bonchev–Trinajstić information content (AvgIpc) is 4.21. The number of benzene rings is 5. The first-order valence-electron chi connectivity index (χ1n) is 25.3. The molecule has 0 spiro atoms. The molecule has 0 aliphatic heterocycles. The molecule has 0 saturated carbocycles. The Morgan fingerprint density at radius 3 is 1.24 bits per heavy atom. The Morgan fingerprint density at radius 2 is 0.773 bits per heavy atom. The van der Waals surface area contributed by atoms with Crippen LogP contribution in [0.3, 0.4) is 0 Å². The molecule has 75 heavy (non-hydrogen) atoms. The van der Waals surface area contributed by atoms with E-state index in [1.807, 2.05) is 132 Å². The largest absolute Gasteiger partial charge is 0.494 e. The van der Waals surface area contributed by atoms with E-state index in [0.717, 1.165) is 109 Å². The third-order valence-electron chi connectivity index (χ3n) is 12.3. The molecule has 0 aliphatic carbocycles. The molecule has 6 aromatic heterocycles. The Hall–Kier alpha value is -8.60. The van der Waals surface area contributed by atoms with Gasteiger partial charge in [0.1, 0.15) is 52.8 Å². The molecule has 0 N–H and O–H groups in total. The van der Waals surface area contributed by atoms with Gasteiger partial charge in [-0.1, -0.05) is 62.1 Å². The number of aromatic nitrogens is 9. The highest BCUT2D eigenvalue weighted by Crippen LogP contribution is 2.24. The molecule has 0 unspecified atom stereocenters. The second kappa shape index (κ2) is 24.9. The lowest BCUT2D eigenvalue weighted by molar-refractivity contribution is 0.340. The van der Waals surface area contributed by atoms with E-state index in [4.69, 9.17) is 14.2 Å². The predicted octanol–water partition coefficient (Wildman–Crippen LogP) is 13.5. The highest BCUT2D eigenvalue weighted by atomic mass is 79.9. The third-order valence-corrected chi connectivity index (χ3v) is 12.7. The number of rotatable bonds is 14. The standard InChI is InChI=1S/C24H25N3O.C24H21N3O.C14H12BrN3O/c2*1-3-18-5-7-19(8-6-18)9-10-20-15-23-24(25-16-20)27(17-26-23)21-11-13-22(14-12-21)28-4-2;1-2-19-12-5-3-11(4-6-12)18-9-17-13-7-10(15)8-16-14(13)18/h5-8,11-17H,3-4,9-10H2,1-2H3;5-8,11-17H,3-4H2,1-2H3;3-9H,2H2,1H3. The molecule has 376 valence electrons. The fourth-order valence-electron chi connectivity index (χ4n) is 8.30. The van der Waals surface area contributed by atoms with Gasteiger partial charge in [-0.3, -0.25) is 13.7 Å². The molecule has 13 heteroatoms. The molecule has 0 bridgehead atoms. The van der Waals surface area contributed by atoms with Crippen molar-refractivity contribution in [3.8, 4) is 46.2 Å². The summed E-state index contributed by atoms with van der Waals surface area (Å²) in [6.07, 6.45) is 15.0. The van der Waals surface area contributed by atoms with Crippen molar-refractivity contribution in [3.63, 3.8) is 0 Å². The van der Waals surface area contributed by atoms with Gasteiger partial charge < -0.3 is 14.2 Å². The van der Waals surface area contributed by atoms with E-state index in [1.165, 1.54) is 22.3 Å². The minimum Gasteiger partial charge on any atom is -0.494 e. The second-order valence-electron chi connectivity index (χ2n) is 17.3. The molecule has 0 aliphatic rings. The molecular formula is C62H58BrN9O3. The predicted molar refractivity (Wildman–Crippen MR) is 303 cm³/mol. The molecule has 12 nitrogen and oxygen atoms in total. The summed E-state index contributed by atoms with van der Waals surface area (Å²) in [4.78, 5) is 27.1. The van der Waals surface area contributed by atoms with Gasteiger partial charge in [-0.15, -0.1) is 0 Å². The molecule has 6 heterocycles. The average molecular weight is 1060 g/mol. The second-order valence-corrected chi connectivity index (χ2v) is 18.3. The van der Waals surface area contributed by atoms with Crippen molar-refractivity contribution in [3.05, 3.63) is 215 Å². The highest BCUT2D eigenvalue weighted by Gasteiger charge is 2.11. The van der Waals surface area contributed by atoms with E-state index in [0.29, 0.717) is 19.8 Å². The van der Waals surface area contributed by atoms with Crippen LogP contribution < -0.4 is 14.2 Å². The van der Waals surface area contributed by atoms with Crippen LogP contribution in [0.1, 0.15) is 68.0 Å². The maximum Gasteiger partial charge on any atom is 0.164 e. The smallest absolute Gasteiger partial charge is 0.164 e. The van der Waals surface area contributed by atoms with Gasteiger partial charge in [0, 0.05) is 51.3 Å². The minimum absolute atomic E-state index is 0.654. The van der Waals surface area contributed by atoms with Crippen LogP contribution in [0.15, 0.2) is 182 Å². The maximum atomic E-state index is 5.52. The number of aryl methyl sites for hydroxylation is 4. The summed E-state index contributed by atoms with van der Waals surface area (Å²) in [5, 5.41) is 0. The molecule has 0 radical (unpaired) electrons. The van der Waals surface area contributed by atoms with Gasteiger partial charge in [-0.05, 0) is 188 Å². The van der Waals surface area contributed by atoms with Gasteiger partial charge in [0.15, 0.2) is 16.9 Å². The first-order valence-corrected chi connectivity index (χ1v) is 26.1. The molecular weight excluding hydrogens is 999 g/mol. The summed E-state index contributed by atoms with van der Waals surface area (Å²) in [5.74, 6) is 8.97. The Labute approximate surface area is 446 Å². The number of halogens is 1. The Morgan fingerprint density at radius 1 is 0.387 bits per heavy atom. The first kappa shape index (κ1) is 51.3. The quantitative estimate of drug-likeness (QED) is 0.0980. The van der Waals surface area contributed by atoms with E-state index in [9.17, 15) is 0 Å². The number of ether oxygens (including phenoxy) is 3. The van der Waals surface area contributed by atoms with Gasteiger partial charge in [0.05, 0.1) is 19.8 Å². The third kappa shape index (κ3) is 13.0. The number of imidazole rings is 3. The molecule has 5 aromatic carbocycles. The lowest BCUT2D eigenvalue weighted by Gasteiger charge is -2.07. The van der Waals surface area contributed by atoms with Crippen LogP contribution in [0.4, 0.5) is 0 Å². The van der Waals surface area contributed by atoms with E-state index in [1.54, 1.807) is 25.0 Å². The summed E-state index contributed by atoms with van der Waals surface area (Å²) >= 11 is 3.40. The van der Waals surface area contributed by atoms with Gasteiger partial charge in [-0.2, -0.15) is 0 Å². The first-order chi connectivity index (χ1) is 36.8. The van der Waals surface area contributed by atoms with Crippen LogP contribution in [0.2, 0.25) is 0 Å². The summed E-state index contributed by atoms with van der Waals surface area (Å²) in [6, 6.07) is 47.1. The van der Waals surface area contributed by atoms with E-state index in [2.05, 4.69) is 126 Å². The highest BCUT2D eigenvalue weighted by molar-refractivity contribution is 9.10. The molecule has 0 amide bonds. The Bertz CT molecular complexity index is 3670. The summed E-state index contributed by atoms with van der Waals surface area (Å²) in [7, 11) is 0. The molecule has 11 aromatic rings. The number of hydrogen-bond donors (Lipinski definition) is 0. The van der Waals surface area contributed by atoms with Gasteiger partial charge in [0.25, 0.3) is 0 Å². The van der Waals surface area contributed by atoms with E-state index in [-0.39, 0.29) is 0 Å². The Balaban J connectivity index is 0.000000141. The van der Waals surface area contributed by atoms with E-state index >= 15 is 0 Å². The SMILES string of the molecule is CCOc1ccc(-n2cnc3cc(Br)cnc32)cc1.CCOc1ccc(-n2cnc3cc(C#Cc4ccc(CC)cc4)cnc32)cc1.CCOc1ccc(-n2cnc3cc(CCc4ccc(CC)cc4)cnc32)cc1. The van der Waals surface area contributed by atoms with Crippen molar-refractivity contribution in [2.45, 2.75) is 60.3 Å². The molecule has 0 atom stereocenters. The number of nitrogens with zero attached hydrogens (tertiary/aromatic N) is 9. The van der Waals surface area contributed by atoms with Crippen LogP contribution >= 0.6 is 15.9 Å². The van der Waals surface area contributed by atoms with Crippen molar-refractivity contribution in [1.29, 1.82) is 0 Å². The normalized spacial score (nSPS) is 10.8. The van der Waals surface area contributed by atoms with Crippen molar-refractivity contribution in [2.75, 3.05) is 19.8 Å². The topological polar surface area (TPSA) is 120 Å². The van der Waals surface area contributed by atoms with Crippen molar-refractivity contribution in [1.82, 2.24) is 43.6 Å². The summed E-state index contributed by atoms with van der Waals surface area (Å²) in [6.45, 7) is 12.3. The molecule has 0 fully saturated rings. The monoisotopic (exact) mass is 1060 g/mol. The lowest BCUT2D eigenvalue weighted by atomic mass is 10.0. The van der Waals surface area contributed by atoms with E-state index < -0.39 is 0 Å². The van der Waals surface area contributed by atoms with Crippen molar-refractivity contribution in [2.24, 2.45) is 0 Å². The van der Waals surface area contributed by atoms with Crippen LogP contribution in [-0.4, -0.2) is 63.4 Å². The van der Waals surface area contributed by atoms with Crippen LogP contribution in [-0.2, 0) is 25.7 Å². The molecule has 11 rings (SSSR count). The van der Waals surface area contributed by atoms with Crippen LogP contribution in [0.5, 0.6) is 17.2 Å². The number of fused-ring (bicyclic) bond motifs is 3. The Kier molecular flexibility index (Phi) is 17.0. The zero-order chi connectivity index (χ0) is 51.9. The fraction of sp³-hybridized carbons (Fsp3) is 0.194. The van der Waals surface area contributed by atoms with Crippen LogP contribution in [0.25, 0.3) is 50.6 Å². The van der Waals surface area contributed by atoms with Gasteiger partial charge >= 0.3 is 0 Å². The minimum atomic E-state index is 0.654. The van der Waals surface area contributed by atoms with Crippen molar-refractivity contribution < 1.29 is 14.2 Å². The maximum absolute atomic E-state index is 5.52. The fourth-order valence-corrected chi connectivity index (χ4v) is 8.62. The number of hydrogen-bond acceptors (Lipinski definition) is 9. The van der Waals surface area contributed by atoms with Crippen LogP contribution in [0, 0.1) is 11.8 Å². The number of pyridine rings is 3. The van der Waals surface area contributed by atoms with Crippen molar-refractivity contribution >= 4 is 49.4 Å². The zero-order valence-corrected chi connectivity index (χ0v) is 44.4.